The standard InChI is InChI=1S/C29H48O2/c1-20(19-31-22(3)30)9-8-10-21(2)25-14-15-26-24-13-12-23-11-6-7-17-28(23,4)27(24)16-18-29(25,26)5/h20-21,23,25,27H,6-19H2,1-5H3/t20?,21-,23?,25-,27+,28+,29-/m1/s1. The molecule has 0 aromatic heterocycles. The van der Waals surface area contributed by atoms with Crippen LogP contribution in [-0.2, 0) is 9.53 Å². The van der Waals surface area contributed by atoms with Crippen molar-refractivity contribution in [2.75, 3.05) is 6.61 Å². The van der Waals surface area contributed by atoms with Crippen LogP contribution in [0.1, 0.15) is 118 Å². The fourth-order valence-electron chi connectivity index (χ4n) is 8.81. The van der Waals surface area contributed by atoms with Crippen LogP contribution in [-0.4, -0.2) is 12.6 Å². The first kappa shape index (κ1) is 23.4. The first-order valence-corrected chi connectivity index (χ1v) is 13.6. The van der Waals surface area contributed by atoms with Crippen LogP contribution in [0.3, 0.4) is 0 Å². The highest BCUT2D eigenvalue weighted by Gasteiger charge is 2.54. The summed E-state index contributed by atoms with van der Waals surface area (Å²) in [7, 11) is 0. The Bertz CT molecular complexity index is 693. The summed E-state index contributed by atoms with van der Waals surface area (Å²) in [5.41, 5.74) is 4.99. The third-order valence-electron chi connectivity index (χ3n) is 10.6. The zero-order chi connectivity index (χ0) is 22.2. The summed E-state index contributed by atoms with van der Waals surface area (Å²) in [5.74, 6) is 3.93. The molecule has 0 heterocycles. The number of hydrogen-bond donors (Lipinski definition) is 0. The predicted molar refractivity (Wildman–Crippen MR) is 129 cm³/mol. The van der Waals surface area contributed by atoms with E-state index in [0.717, 1.165) is 23.7 Å². The maximum atomic E-state index is 11.0. The topological polar surface area (TPSA) is 26.3 Å². The lowest BCUT2D eigenvalue weighted by molar-refractivity contribution is -0.142. The monoisotopic (exact) mass is 428 g/mol. The summed E-state index contributed by atoms with van der Waals surface area (Å²) < 4.78 is 5.20. The van der Waals surface area contributed by atoms with Gasteiger partial charge < -0.3 is 4.74 Å². The summed E-state index contributed by atoms with van der Waals surface area (Å²) in [5, 5.41) is 0. The number of ether oxygens (including phenoxy) is 1. The van der Waals surface area contributed by atoms with Gasteiger partial charge in [0.05, 0.1) is 6.61 Å². The van der Waals surface area contributed by atoms with E-state index in [1.165, 1.54) is 90.4 Å². The molecule has 0 radical (unpaired) electrons. The van der Waals surface area contributed by atoms with E-state index >= 15 is 0 Å². The number of carbonyl (C=O) groups is 1. The number of rotatable bonds is 7. The number of allylic oxidation sites excluding steroid dienone is 2. The first-order chi connectivity index (χ1) is 14.8. The molecule has 176 valence electrons. The molecule has 0 spiro atoms. The van der Waals surface area contributed by atoms with Crippen molar-refractivity contribution in [3.63, 3.8) is 0 Å². The maximum Gasteiger partial charge on any atom is 0.302 e. The fourth-order valence-corrected chi connectivity index (χ4v) is 8.81. The van der Waals surface area contributed by atoms with Crippen molar-refractivity contribution in [3.05, 3.63) is 11.1 Å². The lowest BCUT2D eigenvalue weighted by atomic mass is 9.49. The van der Waals surface area contributed by atoms with E-state index < -0.39 is 0 Å². The zero-order valence-electron chi connectivity index (χ0n) is 21.1. The quantitative estimate of drug-likeness (QED) is 0.302. The fraction of sp³-hybridized carbons (Fsp3) is 0.897. The van der Waals surface area contributed by atoms with E-state index in [2.05, 4.69) is 27.7 Å². The second-order valence-electron chi connectivity index (χ2n) is 12.5. The van der Waals surface area contributed by atoms with E-state index in [4.69, 9.17) is 4.74 Å². The second-order valence-corrected chi connectivity index (χ2v) is 12.5. The van der Waals surface area contributed by atoms with Crippen molar-refractivity contribution in [1.82, 2.24) is 0 Å². The normalized spacial score (nSPS) is 39.3. The molecule has 0 bridgehead atoms. The molecule has 0 N–H and O–H groups in total. The molecule has 2 nitrogen and oxygen atoms in total. The van der Waals surface area contributed by atoms with E-state index in [1.54, 1.807) is 0 Å². The van der Waals surface area contributed by atoms with Gasteiger partial charge in [0.1, 0.15) is 0 Å². The minimum Gasteiger partial charge on any atom is -0.466 e. The molecule has 4 rings (SSSR count). The summed E-state index contributed by atoms with van der Waals surface area (Å²) in [6.07, 6.45) is 18.3. The third-order valence-corrected chi connectivity index (χ3v) is 10.6. The lowest BCUT2D eigenvalue weighted by Gasteiger charge is -2.56. The van der Waals surface area contributed by atoms with Gasteiger partial charge in [0.25, 0.3) is 0 Å². The molecule has 3 saturated carbocycles. The molecular weight excluding hydrogens is 380 g/mol. The molecule has 0 saturated heterocycles. The Hall–Kier alpha value is -0.790. The Balaban J connectivity index is 1.40. The molecule has 0 aliphatic heterocycles. The van der Waals surface area contributed by atoms with E-state index in [1.807, 2.05) is 11.1 Å². The largest absolute Gasteiger partial charge is 0.466 e. The second kappa shape index (κ2) is 9.22. The average molecular weight is 429 g/mol. The van der Waals surface area contributed by atoms with Crippen LogP contribution in [0, 0.1) is 40.4 Å². The van der Waals surface area contributed by atoms with E-state index in [9.17, 15) is 4.79 Å². The lowest BCUT2D eigenvalue weighted by Crippen LogP contribution is -2.46. The van der Waals surface area contributed by atoms with Crippen LogP contribution in [0.2, 0.25) is 0 Å². The smallest absolute Gasteiger partial charge is 0.302 e. The summed E-state index contributed by atoms with van der Waals surface area (Å²) in [6.45, 7) is 12.2. The molecule has 31 heavy (non-hydrogen) atoms. The van der Waals surface area contributed by atoms with Gasteiger partial charge in [-0.1, -0.05) is 64.5 Å². The Morgan fingerprint density at radius 1 is 1.03 bits per heavy atom. The molecule has 7 atom stereocenters. The number of carbonyl (C=O) groups excluding carboxylic acids is 1. The molecule has 4 aliphatic rings. The zero-order valence-corrected chi connectivity index (χ0v) is 21.1. The van der Waals surface area contributed by atoms with Crippen LogP contribution >= 0.6 is 0 Å². The molecule has 0 aromatic rings. The number of fused-ring (bicyclic) bond motifs is 4. The molecule has 2 heteroatoms. The molecule has 0 amide bonds. The van der Waals surface area contributed by atoms with E-state index in [-0.39, 0.29) is 5.97 Å². The van der Waals surface area contributed by atoms with Crippen molar-refractivity contribution in [2.45, 2.75) is 118 Å². The van der Waals surface area contributed by atoms with Gasteiger partial charge in [0, 0.05) is 6.92 Å². The minimum atomic E-state index is -0.147. The highest BCUT2D eigenvalue weighted by Crippen LogP contribution is 2.65. The number of hydrogen-bond acceptors (Lipinski definition) is 2. The molecular formula is C29H48O2. The van der Waals surface area contributed by atoms with Gasteiger partial charge in [-0.3, -0.25) is 4.79 Å². The van der Waals surface area contributed by atoms with E-state index in [0.29, 0.717) is 23.4 Å². The van der Waals surface area contributed by atoms with Crippen LogP contribution in [0.15, 0.2) is 11.1 Å². The average Bonchev–Trinajstić information content (AvgIpc) is 3.09. The van der Waals surface area contributed by atoms with Gasteiger partial charge in [0.15, 0.2) is 0 Å². The van der Waals surface area contributed by atoms with Gasteiger partial charge in [-0.05, 0) is 98.2 Å². The Kier molecular flexibility index (Phi) is 6.95. The highest BCUT2D eigenvalue weighted by atomic mass is 16.5. The van der Waals surface area contributed by atoms with Crippen LogP contribution in [0.25, 0.3) is 0 Å². The first-order valence-electron chi connectivity index (χ1n) is 13.6. The van der Waals surface area contributed by atoms with Crippen LogP contribution in [0.5, 0.6) is 0 Å². The Morgan fingerprint density at radius 3 is 2.61 bits per heavy atom. The Labute approximate surface area is 192 Å². The minimum absolute atomic E-state index is 0.147. The van der Waals surface area contributed by atoms with Crippen molar-refractivity contribution in [2.24, 2.45) is 40.4 Å². The molecule has 0 aromatic carbocycles. The van der Waals surface area contributed by atoms with Gasteiger partial charge in [-0.15, -0.1) is 0 Å². The number of esters is 1. The van der Waals surface area contributed by atoms with Gasteiger partial charge in [0.2, 0.25) is 0 Å². The third kappa shape index (κ3) is 4.39. The van der Waals surface area contributed by atoms with Crippen molar-refractivity contribution in [1.29, 1.82) is 0 Å². The Morgan fingerprint density at radius 2 is 1.84 bits per heavy atom. The van der Waals surface area contributed by atoms with Crippen molar-refractivity contribution < 1.29 is 9.53 Å². The molecule has 2 unspecified atom stereocenters. The SMILES string of the molecule is CC(=O)OCC(C)CCC[C@@H](C)[C@H]1CCC2=C3CCC4CCCC[C@]4(C)[C@H]3CC[C@@]21C. The summed E-state index contributed by atoms with van der Waals surface area (Å²) in [6, 6.07) is 0. The van der Waals surface area contributed by atoms with Gasteiger partial charge in [-0.25, -0.2) is 0 Å². The van der Waals surface area contributed by atoms with Crippen molar-refractivity contribution in [3.8, 4) is 0 Å². The van der Waals surface area contributed by atoms with Crippen LogP contribution < -0.4 is 0 Å². The predicted octanol–water partition coefficient (Wildman–Crippen LogP) is 8.11. The van der Waals surface area contributed by atoms with Crippen molar-refractivity contribution >= 4 is 5.97 Å². The summed E-state index contributed by atoms with van der Waals surface area (Å²) >= 11 is 0. The molecule has 3 fully saturated rings. The highest BCUT2D eigenvalue weighted by molar-refractivity contribution is 5.65. The van der Waals surface area contributed by atoms with Gasteiger partial charge >= 0.3 is 5.97 Å². The van der Waals surface area contributed by atoms with Crippen LogP contribution in [0.4, 0.5) is 0 Å². The summed E-state index contributed by atoms with van der Waals surface area (Å²) in [4.78, 5) is 11.0. The maximum absolute atomic E-state index is 11.0. The van der Waals surface area contributed by atoms with Gasteiger partial charge in [-0.2, -0.15) is 0 Å². The molecule has 4 aliphatic carbocycles.